The fourth-order valence-electron chi connectivity index (χ4n) is 2.04. The number of carbonyl (C=O) groups is 1. The van der Waals surface area contributed by atoms with Crippen molar-refractivity contribution >= 4 is 17.4 Å². The highest BCUT2D eigenvalue weighted by Crippen LogP contribution is 2.21. The summed E-state index contributed by atoms with van der Waals surface area (Å²) >= 11 is 5.93. The second kappa shape index (κ2) is 7.52. The molecule has 0 fully saturated rings. The zero-order valence-corrected chi connectivity index (χ0v) is 11.8. The SMILES string of the molecule is CCCCC(CC)C(=O)Cc1ccc(F)cc1Cl. The van der Waals surface area contributed by atoms with Gasteiger partial charge >= 0.3 is 0 Å². The van der Waals surface area contributed by atoms with Crippen molar-refractivity contribution < 1.29 is 9.18 Å². The smallest absolute Gasteiger partial charge is 0.140 e. The average molecular weight is 271 g/mol. The number of carbonyl (C=O) groups excluding carboxylic acids is 1. The molecule has 0 radical (unpaired) electrons. The van der Waals surface area contributed by atoms with Crippen LogP contribution in [0.15, 0.2) is 18.2 Å². The Morgan fingerprint density at radius 3 is 2.67 bits per heavy atom. The molecule has 0 bridgehead atoms. The van der Waals surface area contributed by atoms with Gasteiger partial charge in [0, 0.05) is 17.4 Å². The third-order valence-electron chi connectivity index (χ3n) is 3.23. The maximum atomic E-state index is 12.9. The monoisotopic (exact) mass is 270 g/mol. The van der Waals surface area contributed by atoms with Crippen molar-refractivity contribution in [1.29, 1.82) is 0 Å². The minimum atomic E-state index is -0.366. The summed E-state index contributed by atoms with van der Waals surface area (Å²) in [6, 6.07) is 4.21. The Kier molecular flexibility index (Phi) is 6.34. The molecule has 1 nitrogen and oxygen atoms in total. The van der Waals surface area contributed by atoms with Crippen molar-refractivity contribution in [3.8, 4) is 0 Å². The molecule has 0 saturated carbocycles. The lowest BCUT2D eigenvalue weighted by Gasteiger charge is -2.13. The molecule has 0 N–H and O–H groups in total. The highest BCUT2D eigenvalue weighted by Gasteiger charge is 2.17. The summed E-state index contributed by atoms with van der Waals surface area (Å²) in [6.07, 6.45) is 4.27. The molecule has 0 aliphatic heterocycles. The first kappa shape index (κ1) is 15.2. The van der Waals surface area contributed by atoms with Crippen LogP contribution in [0.3, 0.4) is 0 Å². The second-order valence-corrected chi connectivity index (χ2v) is 5.03. The third kappa shape index (κ3) is 4.41. The average Bonchev–Trinajstić information content (AvgIpc) is 2.34. The summed E-state index contributed by atoms with van der Waals surface area (Å²) in [7, 11) is 0. The highest BCUT2D eigenvalue weighted by atomic mass is 35.5. The van der Waals surface area contributed by atoms with Crippen LogP contribution < -0.4 is 0 Å². The maximum absolute atomic E-state index is 12.9. The summed E-state index contributed by atoms with van der Waals surface area (Å²) < 4.78 is 12.9. The van der Waals surface area contributed by atoms with Crippen LogP contribution in [-0.2, 0) is 11.2 Å². The van der Waals surface area contributed by atoms with Gasteiger partial charge in [-0.1, -0.05) is 44.4 Å². The Hall–Kier alpha value is -0.890. The normalized spacial score (nSPS) is 12.4. The lowest BCUT2D eigenvalue weighted by atomic mass is 9.91. The first-order valence-corrected chi connectivity index (χ1v) is 6.92. The molecule has 3 heteroatoms. The largest absolute Gasteiger partial charge is 0.299 e. The van der Waals surface area contributed by atoms with Crippen molar-refractivity contribution in [2.75, 3.05) is 0 Å². The van der Waals surface area contributed by atoms with E-state index >= 15 is 0 Å². The molecule has 1 unspecified atom stereocenters. The van der Waals surface area contributed by atoms with Gasteiger partial charge in [-0.25, -0.2) is 4.39 Å². The number of ketones is 1. The van der Waals surface area contributed by atoms with Gasteiger partial charge in [-0.2, -0.15) is 0 Å². The number of Topliss-reactive ketones (excluding diaryl/α,β-unsaturated/α-hetero) is 1. The Bertz CT molecular complexity index is 403. The minimum Gasteiger partial charge on any atom is -0.299 e. The first-order valence-electron chi connectivity index (χ1n) is 6.55. The molecule has 100 valence electrons. The van der Waals surface area contributed by atoms with Gasteiger partial charge in [-0.15, -0.1) is 0 Å². The van der Waals surface area contributed by atoms with Crippen LogP contribution in [0.5, 0.6) is 0 Å². The zero-order chi connectivity index (χ0) is 13.5. The van der Waals surface area contributed by atoms with Gasteiger partial charge in [0.25, 0.3) is 0 Å². The van der Waals surface area contributed by atoms with E-state index < -0.39 is 0 Å². The van der Waals surface area contributed by atoms with Crippen LogP contribution in [0.25, 0.3) is 0 Å². The summed E-state index contributed by atoms with van der Waals surface area (Å²) in [6.45, 7) is 4.15. The molecular weight excluding hydrogens is 251 g/mol. The number of rotatable bonds is 7. The van der Waals surface area contributed by atoms with E-state index in [4.69, 9.17) is 11.6 Å². The van der Waals surface area contributed by atoms with Crippen LogP contribution in [0.2, 0.25) is 5.02 Å². The Morgan fingerprint density at radius 2 is 2.11 bits per heavy atom. The standard InChI is InChI=1S/C15H20ClFO/c1-3-5-6-11(4-2)15(18)9-12-7-8-13(17)10-14(12)16/h7-8,10-11H,3-6,9H2,1-2H3. The maximum Gasteiger partial charge on any atom is 0.140 e. The van der Waals surface area contributed by atoms with E-state index in [0.717, 1.165) is 31.2 Å². The highest BCUT2D eigenvalue weighted by molar-refractivity contribution is 6.31. The first-order chi connectivity index (χ1) is 8.58. The van der Waals surface area contributed by atoms with E-state index in [1.54, 1.807) is 6.07 Å². The Labute approximate surface area is 113 Å². The predicted octanol–water partition coefficient (Wildman–Crippen LogP) is 4.81. The number of unbranched alkanes of at least 4 members (excludes halogenated alkanes) is 1. The molecule has 1 aromatic rings. The quantitative estimate of drug-likeness (QED) is 0.695. The summed E-state index contributed by atoms with van der Waals surface area (Å²) in [4.78, 5) is 12.1. The second-order valence-electron chi connectivity index (χ2n) is 4.63. The molecular formula is C15H20ClFO. The van der Waals surface area contributed by atoms with Crippen molar-refractivity contribution in [3.63, 3.8) is 0 Å². The molecule has 1 aromatic carbocycles. The summed E-state index contributed by atoms with van der Waals surface area (Å²) in [5, 5.41) is 0.341. The topological polar surface area (TPSA) is 17.1 Å². The van der Waals surface area contributed by atoms with E-state index in [1.165, 1.54) is 12.1 Å². The van der Waals surface area contributed by atoms with Crippen molar-refractivity contribution in [2.24, 2.45) is 5.92 Å². The van der Waals surface area contributed by atoms with Gasteiger partial charge < -0.3 is 0 Å². The van der Waals surface area contributed by atoms with Gasteiger partial charge in [0.1, 0.15) is 11.6 Å². The molecule has 0 aromatic heterocycles. The van der Waals surface area contributed by atoms with E-state index in [9.17, 15) is 9.18 Å². The summed E-state index contributed by atoms with van der Waals surface area (Å²) in [5.41, 5.74) is 0.720. The molecule has 0 aliphatic carbocycles. The minimum absolute atomic E-state index is 0.103. The van der Waals surface area contributed by atoms with Crippen LogP contribution in [0, 0.1) is 11.7 Å². The molecule has 0 spiro atoms. The molecule has 0 heterocycles. The number of hydrogen-bond donors (Lipinski definition) is 0. The van der Waals surface area contributed by atoms with Gasteiger partial charge in [0.2, 0.25) is 0 Å². The van der Waals surface area contributed by atoms with Gasteiger partial charge in [-0.05, 0) is 30.5 Å². The lowest BCUT2D eigenvalue weighted by molar-refractivity contribution is -0.122. The Morgan fingerprint density at radius 1 is 1.39 bits per heavy atom. The van der Waals surface area contributed by atoms with Gasteiger partial charge in [0.05, 0.1) is 0 Å². The zero-order valence-electron chi connectivity index (χ0n) is 11.0. The van der Waals surface area contributed by atoms with Crippen molar-refractivity contribution in [1.82, 2.24) is 0 Å². The Balaban J connectivity index is 2.67. The number of benzene rings is 1. The van der Waals surface area contributed by atoms with E-state index in [-0.39, 0.29) is 17.5 Å². The van der Waals surface area contributed by atoms with Crippen LogP contribution in [0.1, 0.15) is 45.1 Å². The molecule has 1 rings (SSSR count). The molecule has 0 aliphatic rings. The summed E-state index contributed by atoms with van der Waals surface area (Å²) in [5.74, 6) is -0.0558. The van der Waals surface area contributed by atoms with Crippen LogP contribution in [-0.4, -0.2) is 5.78 Å². The molecule has 0 saturated heterocycles. The molecule has 1 atom stereocenters. The van der Waals surface area contributed by atoms with Crippen LogP contribution >= 0.6 is 11.6 Å². The van der Waals surface area contributed by atoms with E-state index in [0.29, 0.717) is 11.4 Å². The lowest BCUT2D eigenvalue weighted by Crippen LogP contribution is -2.16. The van der Waals surface area contributed by atoms with Crippen molar-refractivity contribution in [2.45, 2.75) is 46.0 Å². The number of halogens is 2. The van der Waals surface area contributed by atoms with Gasteiger partial charge in [0.15, 0.2) is 0 Å². The number of hydrogen-bond acceptors (Lipinski definition) is 1. The van der Waals surface area contributed by atoms with Crippen molar-refractivity contribution in [3.05, 3.63) is 34.6 Å². The fourth-order valence-corrected chi connectivity index (χ4v) is 2.27. The third-order valence-corrected chi connectivity index (χ3v) is 3.59. The van der Waals surface area contributed by atoms with Crippen LogP contribution in [0.4, 0.5) is 4.39 Å². The van der Waals surface area contributed by atoms with Gasteiger partial charge in [-0.3, -0.25) is 4.79 Å². The predicted molar refractivity (Wildman–Crippen MR) is 73.4 cm³/mol. The van der Waals surface area contributed by atoms with E-state index in [1.807, 2.05) is 6.92 Å². The molecule has 0 amide bonds. The fraction of sp³-hybridized carbons (Fsp3) is 0.533. The molecule has 18 heavy (non-hydrogen) atoms. The van der Waals surface area contributed by atoms with E-state index in [2.05, 4.69) is 6.92 Å².